The van der Waals surface area contributed by atoms with Gasteiger partial charge in [-0.25, -0.2) is 8.42 Å². The minimum Gasteiger partial charge on any atom is -0.497 e. The molecular formula is C38H45N3O8S. The second-order valence-corrected chi connectivity index (χ2v) is 13.5. The molecule has 0 spiro atoms. The van der Waals surface area contributed by atoms with Crippen molar-refractivity contribution >= 4 is 27.5 Å². The molecule has 0 saturated heterocycles. The number of methoxy groups -OCH3 is 4. The second kappa shape index (κ2) is 17.4. The van der Waals surface area contributed by atoms with Gasteiger partial charge in [-0.1, -0.05) is 67.6 Å². The minimum absolute atomic E-state index is 0.0462. The molecule has 0 aliphatic carbocycles. The molecule has 0 fully saturated rings. The molecule has 4 aromatic rings. The predicted octanol–water partition coefficient (Wildman–Crippen LogP) is 5.47. The van der Waals surface area contributed by atoms with Crippen LogP contribution in [0.1, 0.15) is 31.4 Å². The zero-order valence-electron chi connectivity index (χ0n) is 29.3. The van der Waals surface area contributed by atoms with Crippen LogP contribution in [0.4, 0.5) is 5.69 Å². The Kier molecular flexibility index (Phi) is 13.1. The van der Waals surface area contributed by atoms with E-state index in [1.54, 1.807) is 12.1 Å². The van der Waals surface area contributed by atoms with Gasteiger partial charge in [-0.15, -0.1) is 0 Å². The molecule has 0 aromatic heterocycles. The number of carbonyl (C=O) groups is 2. The third-order valence-electron chi connectivity index (χ3n) is 8.34. The van der Waals surface area contributed by atoms with Crippen LogP contribution in [0.5, 0.6) is 23.0 Å². The van der Waals surface area contributed by atoms with Crippen molar-refractivity contribution in [2.24, 2.45) is 0 Å². The number of sulfonamides is 1. The Morgan fingerprint density at radius 3 is 1.92 bits per heavy atom. The van der Waals surface area contributed by atoms with Crippen LogP contribution >= 0.6 is 0 Å². The lowest BCUT2D eigenvalue weighted by Crippen LogP contribution is -2.54. The van der Waals surface area contributed by atoms with Gasteiger partial charge in [-0.3, -0.25) is 13.9 Å². The second-order valence-electron chi connectivity index (χ2n) is 11.6. The third-order valence-corrected chi connectivity index (χ3v) is 10.1. The van der Waals surface area contributed by atoms with Crippen molar-refractivity contribution < 1.29 is 37.0 Å². The minimum atomic E-state index is -4.48. The SMILES string of the molecule is CC[C@H](C)NC(=O)[C@H](Cc1ccccc1)N(Cc1ccccc1)C(=O)CN(c1cc(OC)ccc1OC)S(=O)(=O)c1ccc(OC)c(OC)c1. The number of nitrogens with zero attached hydrogens (tertiary/aromatic N) is 2. The first-order chi connectivity index (χ1) is 24.1. The maximum absolute atomic E-state index is 14.8. The third kappa shape index (κ3) is 9.06. The Labute approximate surface area is 294 Å². The molecule has 11 nitrogen and oxygen atoms in total. The molecule has 2 amide bonds. The summed E-state index contributed by atoms with van der Waals surface area (Å²) in [5.74, 6) is 0.0964. The summed E-state index contributed by atoms with van der Waals surface area (Å²) >= 11 is 0. The van der Waals surface area contributed by atoms with Gasteiger partial charge < -0.3 is 29.2 Å². The molecule has 266 valence electrons. The topological polar surface area (TPSA) is 124 Å². The van der Waals surface area contributed by atoms with Gasteiger partial charge in [0, 0.05) is 31.1 Å². The average molecular weight is 704 g/mol. The van der Waals surface area contributed by atoms with Crippen molar-refractivity contribution in [2.75, 3.05) is 39.3 Å². The Balaban J connectivity index is 1.89. The first-order valence-electron chi connectivity index (χ1n) is 16.2. The number of hydrogen-bond donors (Lipinski definition) is 1. The van der Waals surface area contributed by atoms with Crippen molar-refractivity contribution in [3.8, 4) is 23.0 Å². The van der Waals surface area contributed by atoms with Gasteiger partial charge >= 0.3 is 0 Å². The molecular weight excluding hydrogens is 658 g/mol. The number of carbonyl (C=O) groups excluding carboxylic acids is 2. The van der Waals surface area contributed by atoms with E-state index in [1.165, 1.54) is 57.6 Å². The fourth-order valence-electron chi connectivity index (χ4n) is 5.38. The van der Waals surface area contributed by atoms with Crippen LogP contribution in [-0.2, 0) is 32.6 Å². The maximum Gasteiger partial charge on any atom is 0.265 e. The molecule has 4 aromatic carbocycles. The zero-order valence-corrected chi connectivity index (χ0v) is 30.1. The molecule has 2 atom stereocenters. The quantitative estimate of drug-likeness (QED) is 0.154. The lowest BCUT2D eigenvalue weighted by molar-refractivity contribution is -0.140. The molecule has 0 unspecified atom stereocenters. The van der Waals surface area contributed by atoms with Crippen LogP contribution in [0.3, 0.4) is 0 Å². The van der Waals surface area contributed by atoms with Crippen molar-refractivity contribution in [1.29, 1.82) is 0 Å². The molecule has 50 heavy (non-hydrogen) atoms. The van der Waals surface area contributed by atoms with Crippen LogP contribution in [0.15, 0.2) is 102 Å². The van der Waals surface area contributed by atoms with Gasteiger partial charge in [-0.2, -0.15) is 0 Å². The van der Waals surface area contributed by atoms with E-state index in [0.717, 1.165) is 15.4 Å². The van der Waals surface area contributed by atoms with Crippen LogP contribution < -0.4 is 28.6 Å². The van der Waals surface area contributed by atoms with Gasteiger partial charge in [0.2, 0.25) is 11.8 Å². The van der Waals surface area contributed by atoms with Gasteiger partial charge in [0.1, 0.15) is 24.1 Å². The smallest absolute Gasteiger partial charge is 0.265 e. The van der Waals surface area contributed by atoms with E-state index < -0.39 is 28.5 Å². The van der Waals surface area contributed by atoms with Crippen molar-refractivity contribution in [3.63, 3.8) is 0 Å². The predicted molar refractivity (Wildman–Crippen MR) is 192 cm³/mol. The molecule has 0 radical (unpaired) electrons. The molecule has 4 rings (SSSR count). The highest BCUT2D eigenvalue weighted by molar-refractivity contribution is 7.92. The number of anilines is 1. The largest absolute Gasteiger partial charge is 0.497 e. The Morgan fingerprint density at radius 1 is 0.740 bits per heavy atom. The molecule has 0 aliphatic heterocycles. The number of ether oxygens (including phenoxy) is 4. The average Bonchev–Trinajstić information content (AvgIpc) is 3.15. The maximum atomic E-state index is 14.8. The number of rotatable bonds is 17. The van der Waals surface area contributed by atoms with E-state index in [1.807, 2.05) is 74.5 Å². The number of amides is 2. The number of nitrogens with one attached hydrogen (secondary N) is 1. The monoisotopic (exact) mass is 703 g/mol. The lowest BCUT2D eigenvalue weighted by atomic mass is 10.0. The summed E-state index contributed by atoms with van der Waals surface area (Å²) < 4.78 is 52.1. The Morgan fingerprint density at radius 2 is 1.34 bits per heavy atom. The molecule has 0 aliphatic rings. The summed E-state index contributed by atoms with van der Waals surface area (Å²) in [5.41, 5.74) is 1.67. The summed E-state index contributed by atoms with van der Waals surface area (Å²) in [7, 11) is 1.23. The van der Waals surface area contributed by atoms with Crippen LogP contribution in [0.25, 0.3) is 0 Å². The van der Waals surface area contributed by atoms with E-state index in [2.05, 4.69) is 5.32 Å². The summed E-state index contributed by atoms with van der Waals surface area (Å²) in [6.07, 6.45) is 0.885. The van der Waals surface area contributed by atoms with E-state index in [0.29, 0.717) is 17.9 Å². The fourth-order valence-corrected chi connectivity index (χ4v) is 6.82. The molecule has 0 heterocycles. The van der Waals surface area contributed by atoms with Crippen molar-refractivity contribution in [2.45, 2.75) is 50.2 Å². The van der Waals surface area contributed by atoms with Crippen LogP contribution in [0.2, 0.25) is 0 Å². The van der Waals surface area contributed by atoms with E-state index >= 15 is 0 Å². The zero-order chi connectivity index (χ0) is 36.3. The first-order valence-corrected chi connectivity index (χ1v) is 17.6. The number of hydrogen-bond acceptors (Lipinski definition) is 8. The summed E-state index contributed by atoms with van der Waals surface area (Å²) in [6, 6.07) is 26.4. The Hall–Kier alpha value is -5.23. The normalized spacial score (nSPS) is 12.3. The van der Waals surface area contributed by atoms with Crippen LogP contribution in [-0.4, -0.2) is 72.2 Å². The standard InChI is InChI=1S/C38H45N3O8S/c1-7-27(2)39-38(43)33(22-28-14-10-8-11-15-28)40(25-29-16-12-9-13-17-29)37(42)26-41(32-23-30(46-3)18-20-34(32)47-4)50(44,45)31-19-21-35(48-5)36(24-31)49-6/h8-21,23-24,27,33H,7,22,25-26H2,1-6H3,(H,39,43)/t27-,33-/m0/s1. The van der Waals surface area contributed by atoms with E-state index in [-0.39, 0.29) is 47.0 Å². The first kappa shape index (κ1) is 37.6. The molecule has 0 saturated carbocycles. The van der Waals surface area contributed by atoms with Gasteiger partial charge in [0.25, 0.3) is 10.0 Å². The van der Waals surface area contributed by atoms with Gasteiger partial charge in [-0.05, 0) is 48.7 Å². The summed E-state index contributed by atoms with van der Waals surface area (Å²) in [6.45, 7) is 3.23. The van der Waals surface area contributed by atoms with E-state index in [9.17, 15) is 18.0 Å². The molecule has 12 heteroatoms. The van der Waals surface area contributed by atoms with Gasteiger partial charge in [0.15, 0.2) is 11.5 Å². The van der Waals surface area contributed by atoms with Crippen LogP contribution in [0, 0.1) is 0 Å². The fraction of sp³-hybridized carbons (Fsp3) is 0.316. The molecule has 1 N–H and O–H groups in total. The highest BCUT2D eigenvalue weighted by Gasteiger charge is 2.36. The highest BCUT2D eigenvalue weighted by Crippen LogP contribution is 2.38. The molecule has 0 bridgehead atoms. The summed E-state index contributed by atoms with van der Waals surface area (Å²) in [4.78, 5) is 30.1. The van der Waals surface area contributed by atoms with Gasteiger partial charge in [0.05, 0.1) is 39.0 Å². The Bertz CT molecular complexity index is 1840. The lowest BCUT2D eigenvalue weighted by Gasteiger charge is -2.34. The highest BCUT2D eigenvalue weighted by atomic mass is 32.2. The van der Waals surface area contributed by atoms with Crippen molar-refractivity contribution in [3.05, 3.63) is 108 Å². The van der Waals surface area contributed by atoms with Crippen molar-refractivity contribution in [1.82, 2.24) is 10.2 Å². The van der Waals surface area contributed by atoms with E-state index in [4.69, 9.17) is 18.9 Å². The number of benzene rings is 4. The summed E-state index contributed by atoms with van der Waals surface area (Å²) in [5, 5.41) is 3.04.